The van der Waals surface area contributed by atoms with Crippen LogP contribution in [0.2, 0.25) is 5.02 Å². The number of ether oxygens (including phenoxy) is 2. The zero-order valence-corrected chi connectivity index (χ0v) is 20.3. The standard InChI is InChI=1S/C25H18ClN3O6S/c1-15(34-20-8-4-3-7-19(20)29(32)33)24(30)28-27-14-16-10-12-17(13-11-16)35-25(31)23-22(26)18-6-2-5-9-21(18)36-23/h2-15H,1H3,(H,28,30)/b27-14-/t15-/m1/s1. The van der Waals surface area contributed by atoms with Crippen LogP contribution in [-0.4, -0.2) is 29.1 Å². The molecule has 9 nitrogen and oxygen atoms in total. The van der Waals surface area contributed by atoms with Crippen molar-refractivity contribution in [3.8, 4) is 11.5 Å². The van der Waals surface area contributed by atoms with Crippen molar-refractivity contribution >= 4 is 56.8 Å². The quantitative estimate of drug-likeness (QED) is 0.105. The van der Waals surface area contributed by atoms with Gasteiger partial charge in [-0.2, -0.15) is 5.10 Å². The summed E-state index contributed by atoms with van der Waals surface area (Å²) >= 11 is 7.60. The number of nitrogens with zero attached hydrogens (tertiary/aromatic N) is 2. The van der Waals surface area contributed by atoms with E-state index in [-0.39, 0.29) is 11.4 Å². The van der Waals surface area contributed by atoms with Gasteiger partial charge in [-0.05, 0) is 48.9 Å². The number of fused-ring (bicyclic) bond motifs is 1. The number of benzene rings is 3. The maximum absolute atomic E-state index is 12.6. The number of esters is 1. The lowest BCUT2D eigenvalue weighted by molar-refractivity contribution is -0.386. The number of nitro groups is 1. The minimum atomic E-state index is -1.02. The summed E-state index contributed by atoms with van der Waals surface area (Å²) in [4.78, 5) is 35.6. The fourth-order valence-corrected chi connectivity index (χ4v) is 4.52. The number of hydrazone groups is 1. The molecule has 1 aromatic heterocycles. The second-order valence-electron chi connectivity index (χ2n) is 7.42. The van der Waals surface area contributed by atoms with Crippen LogP contribution >= 0.6 is 22.9 Å². The lowest BCUT2D eigenvalue weighted by atomic mass is 10.2. The minimum Gasteiger partial charge on any atom is -0.474 e. The molecule has 1 heterocycles. The third kappa shape index (κ3) is 5.68. The Labute approximate surface area is 214 Å². The smallest absolute Gasteiger partial charge is 0.355 e. The number of hydrogen-bond acceptors (Lipinski definition) is 8. The lowest BCUT2D eigenvalue weighted by Crippen LogP contribution is -2.33. The molecule has 4 aromatic rings. The second-order valence-corrected chi connectivity index (χ2v) is 8.85. The Balaban J connectivity index is 1.32. The van der Waals surface area contributed by atoms with E-state index in [4.69, 9.17) is 21.1 Å². The molecule has 182 valence electrons. The van der Waals surface area contributed by atoms with Crippen molar-refractivity contribution in [1.29, 1.82) is 0 Å². The molecule has 0 bridgehead atoms. The van der Waals surface area contributed by atoms with Gasteiger partial charge < -0.3 is 9.47 Å². The predicted octanol–water partition coefficient (Wildman–Crippen LogP) is 5.60. The van der Waals surface area contributed by atoms with Crippen LogP contribution < -0.4 is 14.9 Å². The second kappa shape index (κ2) is 11.0. The maximum atomic E-state index is 12.6. The van der Waals surface area contributed by atoms with Crippen molar-refractivity contribution in [3.63, 3.8) is 0 Å². The number of para-hydroxylation sites is 2. The number of rotatable bonds is 8. The normalized spacial score (nSPS) is 11.8. The molecule has 1 N–H and O–H groups in total. The molecular weight excluding hydrogens is 506 g/mol. The van der Waals surface area contributed by atoms with Crippen molar-refractivity contribution in [2.75, 3.05) is 0 Å². The molecule has 3 aromatic carbocycles. The van der Waals surface area contributed by atoms with E-state index in [2.05, 4.69) is 10.5 Å². The van der Waals surface area contributed by atoms with Gasteiger partial charge in [0.2, 0.25) is 0 Å². The van der Waals surface area contributed by atoms with Gasteiger partial charge in [-0.25, -0.2) is 10.2 Å². The Morgan fingerprint density at radius 3 is 2.50 bits per heavy atom. The third-order valence-electron chi connectivity index (χ3n) is 4.93. The summed E-state index contributed by atoms with van der Waals surface area (Å²) < 4.78 is 11.7. The Bertz CT molecular complexity index is 1470. The van der Waals surface area contributed by atoms with E-state index in [1.807, 2.05) is 24.3 Å². The Morgan fingerprint density at radius 2 is 1.78 bits per heavy atom. The number of halogens is 1. The molecule has 0 saturated carbocycles. The average Bonchev–Trinajstić information content (AvgIpc) is 3.22. The van der Waals surface area contributed by atoms with Gasteiger partial charge in [0.05, 0.1) is 16.2 Å². The number of nitro benzene ring substituents is 1. The highest BCUT2D eigenvalue weighted by Crippen LogP contribution is 2.35. The van der Waals surface area contributed by atoms with Gasteiger partial charge in [0.15, 0.2) is 11.9 Å². The fraction of sp³-hybridized carbons (Fsp3) is 0.0800. The summed E-state index contributed by atoms with van der Waals surface area (Å²) in [6.07, 6.45) is 0.370. The van der Waals surface area contributed by atoms with Crippen LogP contribution in [-0.2, 0) is 4.79 Å². The molecule has 36 heavy (non-hydrogen) atoms. The Kier molecular flexibility index (Phi) is 7.57. The summed E-state index contributed by atoms with van der Waals surface area (Å²) in [5, 5.41) is 16.1. The molecule has 11 heteroatoms. The van der Waals surface area contributed by atoms with E-state index in [1.54, 1.807) is 30.3 Å². The highest BCUT2D eigenvalue weighted by atomic mass is 35.5. The molecule has 1 amide bonds. The first-order valence-corrected chi connectivity index (χ1v) is 11.7. The van der Waals surface area contributed by atoms with Crippen LogP contribution in [0.3, 0.4) is 0 Å². The first kappa shape index (κ1) is 24.8. The first-order chi connectivity index (χ1) is 17.3. The highest BCUT2D eigenvalue weighted by molar-refractivity contribution is 7.21. The molecule has 0 saturated heterocycles. The maximum Gasteiger partial charge on any atom is 0.355 e. The zero-order chi connectivity index (χ0) is 25.7. The van der Waals surface area contributed by atoms with Gasteiger partial charge in [0.1, 0.15) is 10.6 Å². The summed E-state index contributed by atoms with van der Waals surface area (Å²) in [6.45, 7) is 1.45. The summed E-state index contributed by atoms with van der Waals surface area (Å²) in [7, 11) is 0. The van der Waals surface area contributed by atoms with E-state index in [1.165, 1.54) is 42.7 Å². The fourth-order valence-electron chi connectivity index (χ4n) is 3.13. The van der Waals surface area contributed by atoms with Gasteiger partial charge in [-0.3, -0.25) is 14.9 Å². The Morgan fingerprint density at radius 1 is 1.08 bits per heavy atom. The van der Waals surface area contributed by atoms with Gasteiger partial charge in [0, 0.05) is 16.2 Å². The monoisotopic (exact) mass is 523 g/mol. The summed E-state index contributed by atoms with van der Waals surface area (Å²) in [5.74, 6) is -0.838. The van der Waals surface area contributed by atoms with Gasteiger partial charge in [0.25, 0.3) is 5.91 Å². The molecule has 0 fully saturated rings. The van der Waals surface area contributed by atoms with E-state index in [0.29, 0.717) is 21.2 Å². The average molecular weight is 524 g/mol. The number of hydrogen-bond donors (Lipinski definition) is 1. The predicted molar refractivity (Wildman–Crippen MR) is 137 cm³/mol. The molecule has 0 aliphatic carbocycles. The molecular formula is C25H18ClN3O6S. The van der Waals surface area contributed by atoms with Crippen molar-refractivity contribution in [2.45, 2.75) is 13.0 Å². The molecule has 0 unspecified atom stereocenters. The van der Waals surface area contributed by atoms with E-state index >= 15 is 0 Å². The molecule has 0 radical (unpaired) electrons. The van der Waals surface area contributed by atoms with Crippen LogP contribution in [0.15, 0.2) is 77.9 Å². The number of carbonyl (C=O) groups is 2. The minimum absolute atomic E-state index is 0.0174. The Hall–Kier alpha value is -4.28. The lowest BCUT2D eigenvalue weighted by Gasteiger charge is -2.12. The van der Waals surface area contributed by atoms with Crippen molar-refractivity contribution in [1.82, 2.24) is 5.43 Å². The number of carbonyl (C=O) groups excluding carboxylic acids is 2. The first-order valence-electron chi connectivity index (χ1n) is 10.6. The van der Waals surface area contributed by atoms with Crippen LogP contribution in [0.5, 0.6) is 11.5 Å². The van der Waals surface area contributed by atoms with Gasteiger partial charge in [-0.15, -0.1) is 11.3 Å². The van der Waals surface area contributed by atoms with Gasteiger partial charge in [-0.1, -0.05) is 41.9 Å². The molecule has 1 atom stereocenters. The van der Waals surface area contributed by atoms with E-state index in [0.717, 1.165) is 10.1 Å². The van der Waals surface area contributed by atoms with E-state index in [9.17, 15) is 19.7 Å². The molecule has 0 spiro atoms. The SMILES string of the molecule is C[C@@H](Oc1ccccc1[N+](=O)[O-])C(=O)N/N=C\c1ccc(OC(=O)c2sc3ccccc3c2Cl)cc1. The van der Waals surface area contributed by atoms with Crippen LogP contribution in [0.4, 0.5) is 5.69 Å². The van der Waals surface area contributed by atoms with Crippen molar-refractivity contribution < 1.29 is 24.0 Å². The number of amides is 1. The van der Waals surface area contributed by atoms with Crippen molar-refractivity contribution in [3.05, 3.63) is 98.4 Å². The van der Waals surface area contributed by atoms with Crippen LogP contribution in [0.25, 0.3) is 10.1 Å². The third-order valence-corrected chi connectivity index (χ3v) is 6.59. The highest BCUT2D eigenvalue weighted by Gasteiger charge is 2.21. The summed E-state index contributed by atoms with van der Waals surface area (Å²) in [5.41, 5.74) is 2.71. The summed E-state index contributed by atoms with van der Waals surface area (Å²) in [6, 6.07) is 19.7. The van der Waals surface area contributed by atoms with Crippen LogP contribution in [0, 0.1) is 10.1 Å². The number of thiophene rings is 1. The van der Waals surface area contributed by atoms with Crippen molar-refractivity contribution in [2.24, 2.45) is 5.10 Å². The molecule has 0 aliphatic rings. The van der Waals surface area contributed by atoms with Crippen LogP contribution in [0.1, 0.15) is 22.2 Å². The topological polar surface area (TPSA) is 120 Å². The largest absolute Gasteiger partial charge is 0.474 e. The zero-order valence-electron chi connectivity index (χ0n) is 18.7. The van der Waals surface area contributed by atoms with E-state index < -0.39 is 22.9 Å². The van der Waals surface area contributed by atoms with Gasteiger partial charge >= 0.3 is 11.7 Å². The number of nitrogens with one attached hydrogen (secondary N) is 1. The molecule has 0 aliphatic heterocycles. The molecule has 4 rings (SSSR count).